The minimum absolute atomic E-state index is 0.0818. The van der Waals surface area contributed by atoms with E-state index < -0.39 is 38.8 Å². The first-order valence-corrected chi connectivity index (χ1v) is 13.7. The second kappa shape index (κ2) is 10.4. The summed E-state index contributed by atoms with van der Waals surface area (Å²) in [5, 5.41) is 24.8. The lowest BCUT2D eigenvalue weighted by Gasteiger charge is -2.50. The minimum atomic E-state index is -4.43. The van der Waals surface area contributed by atoms with Crippen molar-refractivity contribution in [3.8, 4) is 0 Å². The van der Waals surface area contributed by atoms with Gasteiger partial charge >= 0.3 is 16.3 Å². The van der Waals surface area contributed by atoms with Crippen molar-refractivity contribution in [2.45, 2.75) is 28.2 Å². The Labute approximate surface area is 195 Å². The molecule has 2 unspecified atom stereocenters. The molecule has 0 radical (unpaired) electrons. The highest BCUT2D eigenvalue weighted by molar-refractivity contribution is 8.01. The number of aliphatic carboxylic acids is 1. The van der Waals surface area contributed by atoms with Crippen molar-refractivity contribution in [3.63, 3.8) is 0 Å². The first-order valence-electron chi connectivity index (χ1n) is 8.94. The predicted molar refractivity (Wildman–Crippen MR) is 116 cm³/mol. The van der Waals surface area contributed by atoms with Crippen LogP contribution in [-0.2, 0) is 24.7 Å². The van der Waals surface area contributed by atoms with E-state index in [1.54, 1.807) is 6.26 Å². The van der Waals surface area contributed by atoms with Gasteiger partial charge in [0.05, 0.1) is 5.75 Å². The third-order valence-electron chi connectivity index (χ3n) is 4.45. The Balaban J connectivity index is 1.85. The summed E-state index contributed by atoms with van der Waals surface area (Å²) in [4.78, 5) is 37.8. The molecule has 1 aromatic rings. The number of aromatic nitrogens is 4. The van der Waals surface area contributed by atoms with Gasteiger partial charge in [-0.3, -0.25) is 19.0 Å². The summed E-state index contributed by atoms with van der Waals surface area (Å²) in [5.41, 5.74) is 0.158. The van der Waals surface area contributed by atoms with Gasteiger partial charge in [0.25, 0.3) is 5.91 Å². The van der Waals surface area contributed by atoms with Gasteiger partial charge in [-0.1, -0.05) is 11.8 Å². The van der Waals surface area contributed by atoms with Crippen LogP contribution in [0.1, 0.15) is 6.42 Å². The Kier molecular flexibility index (Phi) is 8.04. The van der Waals surface area contributed by atoms with E-state index in [-0.39, 0.29) is 41.2 Å². The molecule has 0 aliphatic carbocycles. The van der Waals surface area contributed by atoms with E-state index in [4.69, 9.17) is 4.55 Å². The smallest absolute Gasteiger partial charge is 0.352 e. The number of carbonyl (C=O) groups is 3. The van der Waals surface area contributed by atoms with Crippen LogP contribution in [-0.4, -0.2) is 102 Å². The predicted octanol–water partition coefficient (Wildman–Crippen LogP) is -1.46. The number of carbonyl (C=O) groups excluding carboxylic acids is 2. The number of carboxylic acids is 1. The van der Waals surface area contributed by atoms with Crippen LogP contribution in [0.3, 0.4) is 0 Å². The van der Waals surface area contributed by atoms with E-state index >= 15 is 0 Å². The maximum Gasteiger partial charge on any atom is 0.352 e. The topological polar surface area (TPSA) is 208 Å². The third kappa shape index (κ3) is 5.73. The van der Waals surface area contributed by atoms with E-state index in [1.807, 2.05) is 4.72 Å². The van der Waals surface area contributed by atoms with Crippen molar-refractivity contribution in [3.05, 3.63) is 11.3 Å². The first kappa shape index (κ1) is 24.8. The molecule has 3 rings (SSSR count). The number of amides is 2. The van der Waals surface area contributed by atoms with E-state index in [0.717, 1.165) is 16.7 Å². The van der Waals surface area contributed by atoms with E-state index in [2.05, 4.69) is 25.9 Å². The number of fused-ring (bicyclic) bond motifs is 1. The highest BCUT2D eigenvalue weighted by atomic mass is 32.2. The van der Waals surface area contributed by atoms with Crippen molar-refractivity contribution in [2.24, 2.45) is 0 Å². The van der Waals surface area contributed by atoms with Crippen molar-refractivity contribution in [1.29, 1.82) is 0 Å². The first-order chi connectivity index (χ1) is 15.1. The van der Waals surface area contributed by atoms with Gasteiger partial charge in [0, 0.05) is 17.5 Å². The lowest BCUT2D eigenvalue weighted by Crippen LogP contribution is -2.70. The van der Waals surface area contributed by atoms with Crippen LogP contribution in [0.15, 0.2) is 16.4 Å². The van der Waals surface area contributed by atoms with Crippen LogP contribution >= 0.6 is 35.3 Å². The largest absolute Gasteiger partial charge is 0.477 e. The fourth-order valence-electron chi connectivity index (χ4n) is 3.19. The summed E-state index contributed by atoms with van der Waals surface area (Å²) >= 11 is 3.66. The number of tetrazole rings is 1. The average molecular weight is 526 g/mol. The monoisotopic (exact) mass is 525 g/mol. The summed E-state index contributed by atoms with van der Waals surface area (Å²) in [5.74, 6) is -1.77. The lowest BCUT2D eigenvalue weighted by atomic mass is 10.0. The van der Waals surface area contributed by atoms with Crippen LogP contribution in [0.5, 0.6) is 0 Å². The van der Waals surface area contributed by atoms with Gasteiger partial charge in [-0.05, 0) is 28.7 Å². The highest BCUT2D eigenvalue weighted by Crippen LogP contribution is 2.44. The number of β-lactam (4-membered cyclic amide) rings is 1. The van der Waals surface area contributed by atoms with Crippen molar-refractivity contribution in [1.82, 2.24) is 35.6 Å². The molecule has 0 saturated carbocycles. The number of nitrogens with one attached hydrogen (secondary N) is 3. The molecule has 1 aromatic heterocycles. The maximum atomic E-state index is 12.7. The van der Waals surface area contributed by atoms with Crippen molar-refractivity contribution < 1.29 is 32.5 Å². The van der Waals surface area contributed by atoms with Crippen LogP contribution in [0.2, 0.25) is 0 Å². The third-order valence-corrected chi connectivity index (χ3v) is 8.07. The molecule has 2 amide bonds. The van der Waals surface area contributed by atoms with Gasteiger partial charge in [-0.15, -0.1) is 16.9 Å². The molecule has 3 heterocycles. The molecule has 1 saturated heterocycles. The second-order valence-corrected chi connectivity index (χ2v) is 10.9. The number of rotatable bonds is 11. The Morgan fingerprint density at radius 1 is 1.44 bits per heavy atom. The molecule has 5 N–H and O–H groups in total. The fraction of sp³-hybridized carbons (Fsp3) is 0.571. The van der Waals surface area contributed by atoms with Gasteiger partial charge in [0.1, 0.15) is 17.1 Å². The number of hydrogen-bond acceptors (Lipinski definition) is 11. The molecule has 2 aliphatic heterocycles. The molecule has 18 heteroatoms. The van der Waals surface area contributed by atoms with Gasteiger partial charge < -0.3 is 10.4 Å². The van der Waals surface area contributed by atoms with Crippen LogP contribution in [0.4, 0.5) is 0 Å². The Morgan fingerprint density at radius 3 is 2.78 bits per heavy atom. The number of nitrogens with zero attached hydrogens (tertiary/aromatic N) is 4. The minimum Gasteiger partial charge on any atom is -0.477 e. The number of hydrogen-bond donors (Lipinski definition) is 5. The highest BCUT2D eigenvalue weighted by Gasteiger charge is 2.54. The molecule has 0 spiro atoms. The van der Waals surface area contributed by atoms with Gasteiger partial charge in [-0.25, -0.2) is 9.89 Å². The van der Waals surface area contributed by atoms with Gasteiger partial charge in [-0.2, -0.15) is 24.9 Å². The summed E-state index contributed by atoms with van der Waals surface area (Å²) < 4.78 is 32.9. The standard InChI is InChI=1S/C14H19N7O7S4/c1-29-5-8(22)16-9-11(23)21-10(13(24)25)6(4-30-12(9)21)7(2-3-15-32(26,27)28)31-14-17-19-20-18-14/h7,9,12,15H,2-5H2,1H3,(H,16,22)(H,24,25)(H,26,27,28)(H,17,18,19,20)/t7?,9?,12-/m0/s1. The Bertz CT molecular complexity index is 1020. The molecular weight excluding hydrogens is 506 g/mol. The molecule has 32 heavy (non-hydrogen) atoms. The molecule has 176 valence electrons. The quantitative estimate of drug-likeness (QED) is 0.127. The lowest BCUT2D eigenvalue weighted by molar-refractivity contribution is -0.150. The zero-order valence-corrected chi connectivity index (χ0v) is 19.7. The van der Waals surface area contributed by atoms with Crippen molar-refractivity contribution >= 4 is 63.4 Å². The molecule has 3 atom stereocenters. The SMILES string of the molecule is CSCC(=O)NC1C(=O)N2C(C(=O)O)=C(C(CCNS(=O)(=O)O)Sc3nnn[nH]3)CS[C@@H]12. The van der Waals surface area contributed by atoms with Gasteiger partial charge in [0.15, 0.2) is 0 Å². The maximum absolute atomic E-state index is 12.7. The number of carboxylic acid groups (broad SMARTS) is 1. The molecule has 0 bridgehead atoms. The Morgan fingerprint density at radius 2 is 2.19 bits per heavy atom. The van der Waals surface area contributed by atoms with E-state index in [9.17, 15) is 27.9 Å². The Hall–Kier alpha value is -1.86. The van der Waals surface area contributed by atoms with Crippen LogP contribution in [0, 0.1) is 0 Å². The fourth-order valence-corrected chi connectivity index (χ4v) is 6.46. The van der Waals surface area contributed by atoms with Crippen LogP contribution < -0.4 is 10.0 Å². The van der Waals surface area contributed by atoms with Gasteiger partial charge in [0.2, 0.25) is 11.1 Å². The zero-order valence-electron chi connectivity index (χ0n) is 16.4. The van der Waals surface area contributed by atoms with E-state index in [1.165, 1.54) is 23.5 Å². The molecule has 0 aromatic carbocycles. The summed E-state index contributed by atoms with van der Waals surface area (Å²) in [6, 6.07) is -0.818. The van der Waals surface area contributed by atoms with Crippen molar-refractivity contribution in [2.75, 3.05) is 24.3 Å². The number of aromatic amines is 1. The molecule has 2 aliphatic rings. The molecule has 14 nitrogen and oxygen atoms in total. The molecular formula is C14H19N7O7S4. The normalized spacial score (nSPS) is 21.7. The summed E-state index contributed by atoms with van der Waals surface area (Å²) in [6.45, 7) is -0.191. The average Bonchev–Trinajstić information content (AvgIpc) is 3.22. The summed E-state index contributed by atoms with van der Waals surface area (Å²) in [7, 11) is -4.43. The number of thioether (sulfide) groups is 3. The van der Waals surface area contributed by atoms with E-state index in [0.29, 0.717) is 5.57 Å². The number of H-pyrrole nitrogens is 1. The second-order valence-electron chi connectivity index (χ2n) is 6.54. The summed E-state index contributed by atoms with van der Waals surface area (Å²) in [6.07, 6.45) is 1.83. The van der Waals surface area contributed by atoms with Crippen LogP contribution in [0.25, 0.3) is 0 Å². The zero-order chi connectivity index (χ0) is 23.5. The molecule has 1 fully saturated rings.